The summed E-state index contributed by atoms with van der Waals surface area (Å²) in [4.78, 5) is 25.8. The van der Waals surface area contributed by atoms with E-state index >= 15 is 0 Å². The summed E-state index contributed by atoms with van der Waals surface area (Å²) in [5.41, 5.74) is 1.66. The second-order valence-electron chi connectivity index (χ2n) is 5.60. The summed E-state index contributed by atoms with van der Waals surface area (Å²) in [6.45, 7) is 7.02. The topological polar surface area (TPSA) is 58.6 Å². The average molecular weight is 290 g/mol. The Hall–Kier alpha value is -1.88. The fourth-order valence-electron chi connectivity index (χ4n) is 2.46. The Morgan fingerprint density at radius 1 is 1.19 bits per heavy atom. The first-order chi connectivity index (χ1) is 9.95. The monoisotopic (exact) mass is 290 g/mol. The zero-order valence-corrected chi connectivity index (χ0v) is 12.8. The van der Waals surface area contributed by atoms with Gasteiger partial charge in [0.15, 0.2) is 0 Å². The molecule has 2 amide bonds. The van der Waals surface area contributed by atoms with Crippen LogP contribution in [-0.2, 0) is 9.53 Å². The van der Waals surface area contributed by atoms with E-state index in [0.717, 1.165) is 5.56 Å². The molecule has 0 bridgehead atoms. The van der Waals surface area contributed by atoms with Gasteiger partial charge in [-0.05, 0) is 32.9 Å². The summed E-state index contributed by atoms with van der Waals surface area (Å²) in [6.07, 6.45) is 0.0657. The molecule has 1 N–H and O–H groups in total. The van der Waals surface area contributed by atoms with Crippen LogP contribution in [-0.4, -0.2) is 48.6 Å². The molecule has 2 rings (SSSR count). The van der Waals surface area contributed by atoms with Gasteiger partial charge in [0.05, 0.1) is 18.8 Å². The molecule has 1 aromatic carbocycles. The van der Waals surface area contributed by atoms with Gasteiger partial charge in [0, 0.05) is 18.7 Å². The van der Waals surface area contributed by atoms with Gasteiger partial charge in [0.25, 0.3) is 5.91 Å². The van der Waals surface area contributed by atoms with Crippen molar-refractivity contribution in [2.75, 3.05) is 19.6 Å². The van der Waals surface area contributed by atoms with E-state index < -0.39 is 0 Å². The first-order valence-corrected chi connectivity index (χ1v) is 7.24. The summed E-state index contributed by atoms with van der Waals surface area (Å²) in [5, 5.41) is 2.67. The van der Waals surface area contributed by atoms with Crippen LogP contribution in [0.4, 0.5) is 0 Å². The van der Waals surface area contributed by atoms with Crippen molar-refractivity contribution in [1.82, 2.24) is 10.2 Å². The van der Waals surface area contributed by atoms with Gasteiger partial charge in [-0.3, -0.25) is 9.59 Å². The number of carbonyl (C=O) groups is 2. The minimum Gasteiger partial charge on any atom is -0.372 e. The van der Waals surface area contributed by atoms with Gasteiger partial charge in [-0.2, -0.15) is 0 Å². The normalized spacial score (nSPS) is 22.0. The van der Waals surface area contributed by atoms with Crippen LogP contribution in [0.3, 0.4) is 0 Å². The molecule has 1 aromatic rings. The lowest BCUT2D eigenvalue weighted by Gasteiger charge is -2.35. The number of ether oxygens (including phenoxy) is 1. The average Bonchev–Trinajstić information content (AvgIpc) is 2.44. The molecule has 0 aromatic heterocycles. The highest BCUT2D eigenvalue weighted by atomic mass is 16.5. The van der Waals surface area contributed by atoms with Crippen LogP contribution in [0.15, 0.2) is 24.3 Å². The summed E-state index contributed by atoms with van der Waals surface area (Å²) < 4.78 is 5.59. The highest BCUT2D eigenvalue weighted by molar-refractivity contribution is 5.96. The van der Waals surface area contributed by atoms with E-state index in [2.05, 4.69) is 5.32 Å². The Morgan fingerprint density at radius 2 is 1.76 bits per heavy atom. The third-order valence-corrected chi connectivity index (χ3v) is 3.49. The molecular formula is C16H22N2O3. The fourth-order valence-corrected chi connectivity index (χ4v) is 2.46. The van der Waals surface area contributed by atoms with E-state index in [1.165, 1.54) is 0 Å². The molecule has 1 aliphatic rings. The van der Waals surface area contributed by atoms with E-state index in [0.29, 0.717) is 18.7 Å². The smallest absolute Gasteiger partial charge is 0.251 e. The molecule has 2 atom stereocenters. The molecule has 5 nitrogen and oxygen atoms in total. The van der Waals surface area contributed by atoms with Crippen LogP contribution in [0.1, 0.15) is 29.8 Å². The van der Waals surface area contributed by atoms with Crippen molar-refractivity contribution in [3.63, 3.8) is 0 Å². The second kappa shape index (κ2) is 6.72. The molecule has 21 heavy (non-hydrogen) atoms. The number of amides is 2. The summed E-state index contributed by atoms with van der Waals surface area (Å²) >= 11 is 0. The molecule has 5 heteroatoms. The zero-order valence-electron chi connectivity index (χ0n) is 12.8. The maximum absolute atomic E-state index is 12.1. The summed E-state index contributed by atoms with van der Waals surface area (Å²) in [5.74, 6) is -0.296. The molecule has 1 saturated heterocycles. The van der Waals surface area contributed by atoms with Crippen molar-refractivity contribution in [3.05, 3.63) is 35.4 Å². The first kappa shape index (κ1) is 15.5. The Kier molecular flexibility index (Phi) is 4.96. The lowest BCUT2D eigenvalue weighted by Crippen LogP contribution is -2.51. The standard InChI is InChI=1S/C16H22N2O3/c1-11-4-6-14(7-5-11)16(20)17-8-15(19)18-9-12(2)21-13(3)10-18/h4-7,12-13H,8-10H2,1-3H3,(H,17,20)/t12-,13-/m0/s1. The number of carbonyl (C=O) groups excluding carboxylic acids is 2. The number of rotatable bonds is 3. The van der Waals surface area contributed by atoms with Crippen molar-refractivity contribution in [2.24, 2.45) is 0 Å². The molecule has 0 aliphatic carbocycles. The van der Waals surface area contributed by atoms with Crippen LogP contribution in [0.2, 0.25) is 0 Å². The zero-order chi connectivity index (χ0) is 15.4. The molecule has 1 aliphatic heterocycles. The minimum absolute atomic E-state index is 0.0200. The predicted octanol–water partition coefficient (Wildman–Crippen LogP) is 1.36. The number of benzene rings is 1. The van der Waals surface area contributed by atoms with Crippen molar-refractivity contribution in [3.8, 4) is 0 Å². The highest BCUT2D eigenvalue weighted by Crippen LogP contribution is 2.10. The van der Waals surface area contributed by atoms with Gasteiger partial charge >= 0.3 is 0 Å². The van der Waals surface area contributed by atoms with E-state index in [9.17, 15) is 9.59 Å². The number of nitrogens with zero attached hydrogens (tertiary/aromatic N) is 1. The molecule has 1 heterocycles. The third kappa shape index (κ3) is 4.29. The third-order valence-electron chi connectivity index (χ3n) is 3.49. The second-order valence-corrected chi connectivity index (χ2v) is 5.60. The van der Waals surface area contributed by atoms with Gasteiger partial charge < -0.3 is 15.0 Å². The summed E-state index contributed by atoms with van der Waals surface area (Å²) in [7, 11) is 0. The lowest BCUT2D eigenvalue weighted by molar-refractivity contribution is -0.142. The quantitative estimate of drug-likeness (QED) is 0.914. The molecular weight excluding hydrogens is 268 g/mol. The van der Waals surface area contributed by atoms with Crippen molar-refractivity contribution in [2.45, 2.75) is 33.0 Å². The largest absolute Gasteiger partial charge is 0.372 e. The summed E-state index contributed by atoms with van der Waals surface area (Å²) in [6, 6.07) is 7.27. The highest BCUT2D eigenvalue weighted by Gasteiger charge is 2.25. The van der Waals surface area contributed by atoms with Crippen molar-refractivity contribution < 1.29 is 14.3 Å². The number of hydrogen-bond acceptors (Lipinski definition) is 3. The van der Waals surface area contributed by atoms with Crippen molar-refractivity contribution in [1.29, 1.82) is 0 Å². The Labute approximate surface area is 125 Å². The first-order valence-electron chi connectivity index (χ1n) is 7.24. The Bertz CT molecular complexity index is 503. The van der Waals surface area contributed by atoms with Gasteiger partial charge in [-0.1, -0.05) is 17.7 Å². The van der Waals surface area contributed by atoms with Crippen LogP contribution in [0.25, 0.3) is 0 Å². The maximum Gasteiger partial charge on any atom is 0.251 e. The lowest BCUT2D eigenvalue weighted by atomic mass is 10.1. The number of hydrogen-bond donors (Lipinski definition) is 1. The van der Waals surface area contributed by atoms with Gasteiger partial charge in [-0.25, -0.2) is 0 Å². The molecule has 0 saturated carbocycles. The predicted molar refractivity (Wildman–Crippen MR) is 80.1 cm³/mol. The van der Waals surface area contributed by atoms with E-state index in [1.807, 2.05) is 32.9 Å². The minimum atomic E-state index is -0.224. The molecule has 114 valence electrons. The Balaban J connectivity index is 1.86. The molecule has 0 radical (unpaired) electrons. The Morgan fingerprint density at radius 3 is 2.33 bits per heavy atom. The number of morpholine rings is 1. The van der Waals surface area contributed by atoms with E-state index in [1.54, 1.807) is 17.0 Å². The van der Waals surface area contributed by atoms with Crippen LogP contribution < -0.4 is 5.32 Å². The van der Waals surface area contributed by atoms with Crippen molar-refractivity contribution >= 4 is 11.8 Å². The number of nitrogens with one attached hydrogen (secondary N) is 1. The van der Waals surface area contributed by atoms with Gasteiger partial charge in [-0.15, -0.1) is 0 Å². The van der Waals surface area contributed by atoms with E-state index in [4.69, 9.17) is 4.74 Å². The molecule has 0 spiro atoms. The number of aryl methyl sites for hydroxylation is 1. The van der Waals surface area contributed by atoms with Crippen LogP contribution >= 0.6 is 0 Å². The van der Waals surface area contributed by atoms with E-state index in [-0.39, 0.29) is 30.6 Å². The SMILES string of the molecule is Cc1ccc(C(=O)NCC(=O)N2C[C@H](C)O[C@@H](C)C2)cc1. The van der Waals surface area contributed by atoms with Crippen LogP contribution in [0, 0.1) is 6.92 Å². The molecule has 1 fully saturated rings. The van der Waals surface area contributed by atoms with Gasteiger partial charge in [0.2, 0.25) is 5.91 Å². The van der Waals surface area contributed by atoms with Crippen LogP contribution in [0.5, 0.6) is 0 Å². The fraction of sp³-hybridized carbons (Fsp3) is 0.500. The maximum atomic E-state index is 12.1. The molecule has 0 unspecified atom stereocenters. The van der Waals surface area contributed by atoms with Gasteiger partial charge in [0.1, 0.15) is 0 Å².